The zero-order chi connectivity index (χ0) is 16.3. The molecule has 2 aromatic rings. The van der Waals surface area contributed by atoms with Gasteiger partial charge in [0.2, 0.25) is 0 Å². The first-order chi connectivity index (χ1) is 10.3. The van der Waals surface area contributed by atoms with Crippen LogP contribution in [0.4, 0.5) is 13.2 Å². The number of nitriles is 1. The molecule has 112 valence electrons. The average molecular weight is 343 g/mol. The van der Waals surface area contributed by atoms with Crippen molar-refractivity contribution < 1.29 is 13.2 Å². The number of allylic oxidation sites excluding steroid dienone is 1. The number of hydrogen-bond donors (Lipinski definition) is 0. The van der Waals surface area contributed by atoms with Gasteiger partial charge >= 0.3 is 6.18 Å². The van der Waals surface area contributed by atoms with E-state index in [1.807, 2.05) is 6.07 Å². The Labute approximate surface area is 134 Å². The quantitative estimate of drug-likeness (QED) is 0.678. The number of halogens is 5. The van der Waals surface area contributed by atoms with Crippen molar-refractivity contribution in [3.8, 4) is 6.07 Å². The number of aromatic nitrogens is 1. The Hall–Kier alpha value is -2.03. The van der Waals surface area contributed by atoms with Gasteiger partial charge in [0, 0.05) is 21.8 Å². The average Bonchev–Trinajstić information content (AvgIpc) is 2.46. The second-order valence-corrected chi connectivity index (χ2v) is 5.05. The molecule has 0 amide bonds. The molecule has 1 aromatic heterocycles. The highest BCUT2D eigenvalue weighted by molar-refractivity contribution is 6.37. The summed E-state index contributed by atoms with van der Waals surface area (Å²) in [7, 11) is 0. The van der Waals surface area contributed by atoms with Crippen LogP contribution in [-0.4, -0.2) is 4.98 Å². The molecule has 0 unspecified atom stereocenters. The third-order valence-corrected chi connectivity index (χ3v) is 3.43. The summed E-state index contributed by atoms with van der Waals surface area (Å²) in [5, 5.41) is 9.84. The number of nitrogens with zero attached hydrogens (tertiary/aromatic N) is 2. The number of rotatable bonds is 2. The van der Waals surface area contributed by atoms with Gasteiger partial charge in [-0.3, -0.25) is 4.98 Å². The van der Waals surface area contributed by atoms with E-state index in [4.69, 9.17) is 23.2 Å². The van der Waals surface area contributed by atoms with Crippen LogP contribution in [0.3, 0.4) is 0 Å². The number of alkyl halides is 3. The fraction of sp³-hybridized carbons (Fsp3) is 0.0667. The van der Waals surface area contributed by atoms with Gasteiger partial charge in [-0.25, -0.2) is 0 Å². The van der Waals surface area contributed by atoms with E-state index in [-0.39, 0.29) is 11.3 Å². The summed E-state index contributed by atoms with van der Waals surface area (Å²) in [4.78, 5) is 3.67. The van der Waals surface area contributed by atoms with Gasteiger partial charge in [-0.1, -0.05) is 29.3 Å². The second-order valence-electron chi connectivity index (χ2n) is 4.24. The Morgan fingerprint density at radius 3 is 2.23 bits per heavy atom. The second kappa shape index (κ2) is 6.39. The van der Waals surface area contributed by atoms with Crippen LogP contribution < -0.4 is 0 Å². The molecule has 0 aliphatic carbocycles. The van der Waals surface area contributed by atoms with Crippen LogP contribution >= 0.6 is 23.2 Å². The van der Waals surface area contributed by atoms with Gasteiger partial charge in [0.05, 0.1) is 16.8 Å². The van der Waals surface area contributed by atoms with Crippen molar-refractivity contribution in [2.24, 2.45) is 0 Å². The van der Waals surface area contributed by atoms with Gasteiger partial charge in [-0.2, -0.15) is 18.4 Å². The zero-order valence-corrected chi connectivity index (χ0v) is 12.3. The van der Waals surface area contributed by atoms with Crippen molar-refractivity contribution in [2.45, 2.75) is 6.18 Å². The van der Waals surface area contributed by atoms with E-state index in [1.54, 1.807) is 18.2 Å². The van der Waals surface area contributed by atoms with Crippen LogP contribution in [0.25, 0.3) is 11.6 Å². The Morgan fingerprint density at radius 2 is 1.77 bits per heavy atom. The molecule has 1 aromatic carbocycles. The summed E-state index contributed by atoms with van der Waals surface area (Å²) in [6.07, 6.45) is -2.41. The standard InChI is InChI=1S/C15H7Cl2F3N2/c16-12-2-1-3-13(17)11(12)6-9(7-21)14-5-4-10(8-22-14)15(18,19)20/h1-6,8H/b9-6+. The lowest BCUT2D eigenvalue weighted by Gasteiger charge is -2.07. The maximum Gasteiger partial charge on any atom is 0.417 e. The van der Waals surface area contributed by atoms with Gasteiger partial charge in [-0.05, 0) is 30.3 Å². The summed E-state index contributed by atoms with van der Waals surface area (Å²) in [6, 6.07) is 8.70. The summed E-state index contributed by atoms with van der Waals surface area (Å²) in [6.45, 7) is 0. The number of pyridine rings is 1. The van der Waals surface area contributed by atoms with E-state index >= 15 is 0 Å². The molecule has 0 spiro atoms. The lowest BCUT2D eigenvalue weighted by atomic mass is 10.1. The molecule has 0 aliphatic heterocycles. The summed E-state index contributed by atoms with van der Waals surface area (Å²) >= 11 is 12.0. The Bertz CT molecular complexity index is 740. The van der Waals surface area contributed by atoms with E-state index in [2.05, 4.69) is 4.98 Å². The zero-order valence-electron chi connectivity index (χ0n) is 10.8. The fourth-order valence-corrected chi connectivity index (χ4v) is 2.18. The molecule has 2 rings (SSSR count). The molecule has 2 nitrogen and oxygen atoms in total. The number of benzene rings is 1. The first-order valence-corrected chi connectivity index (χ1v) is 6.68. The normalized spacial score (nSPS) is 12.1. The van der Waals surface area contributed by atoms with E-state index in [9.17, 15) is 18.4 Å². The molecule has 1 heterocycles. The molecule has 0 saturated carbocycles. The van der Waals surface area contributed by atoms with Crippen LogP contribution in [0.2, 0.25) is 10.0 Å². The molecule has 0 saturated heterocycles. The Balaban J connectivity index is 2.45. The predicted octanol–water partition coefficient (Wildman–Crippen LogP) is 5.47. The third kappa shape index (κ3) is 3.59. The molecule has 0 fully saturated rings. The molecule has 0 N–H and O–H groups in total. The monoisotopic (exact) mass is 342 g/mol. The van der Waals surface area contributed by atoms with Gasteiger partial charge in [0.1, 0.15) is 6.07 Å². The van der Waals surface area contributed by atoms with Crippen molar-refractivity contribution >= 4 is 34.9 Å². The maximum atomic E-state index is 12.5. The van der Waals surface area contributed by atoms with Crippen molar-refractivity contribution in [3.63, 3.8) is 0 Å². The smallest absolute Gasteiger partial charge is 0.255 e. The minimum Gasteiger partial charge on any atom is -0.255 e. The van der Waals surface area contributed by atoms with Crippen LogP contribution in [0.5, 0.6) is 0 Å². The minimum absolute atomic E-state index is 0.0590. The molecule has 7 heteroatoms. The molecule has 0 bridgehead atoms. The summed E-state index contributed by atoms with van der Waals surface area (Å²) < 4.78 is 37.5. The summed E-state index contributed by atoms with van der Waals surface area (Å²) in [5.74, 6) is 0. The predicted molar refractivity (Wildman–Crippen MR) is 79.2 cm³/mol. The lowest BCUT2D eigenvalue weighted by molar-refractivity contribution is -0.137. The maximum absolute atomic E-state index is 12.5. The first kappa shape index (κ1) is 16.3. The van der Waals surface area contributed by atoms with Crippen molar-refractivity contribution in [1.29, 1.82) is 5.26 Å². The van der Waals surface area contributed by atoms with Gasteiger partial charge in [0.15, 0.2) is 0 Å². The highest BCUT2D eigenvalue weighted by atomic mass is 35.5. The van der Waals surface area contributed by atoms with Gasteiger partial charge in [-0.15, -0.1) is 0 Å². The largest absolute Gasteiger partial charge is 0.417 e. The van der Waals surface area contributed by atoms with Gasteiger partial charge < -0.3 is 0 Å². The van der Waals surface area contributed by atoms with Gasteiger partial charge in [0.25, 0.3) is 0 Å². The third-order valence-electron chi connectivity index (χ3n) is 2.78. The molecule has 0 aliphatic rings. The van der Waals surface area contributed by atoms with Crippen molar-refractivity contribution in [3.05, 3.63) is 63.4 Å². The SMILES string of the molecule is N#C/C(=C\c1c(Cl)cccc1Cl)c1ccc(C(F)(F)F)cn1. The molecular weight excluding hydrogens is 336 g/mol. The first-order valence-electron chi connectivity index (χ1n) is 5.92. The van der Waals surface area contributed by atoms with E-state index < -0.39 is 11.7 Å². The molecular formula is C15H7Cl2F3N2. The number of hydrogen-bond acceptors (Lipinski definition) is 2. The van der Waals surface area contributed by atoms with Crippen molar-refractivity contribution in [2.75, 3.05) is 0 Å². The topological polar surface area (TPSA) is 36.7 Å². The molecule has 0 atom stereocenters. The van der Waals surface area contributed by atoms with Crippen LogP contribution in [0, 0.1) is 11.3 Å². The van der Waals surface area contributed by atoms with Crippen LogP contribution in [-0.2, 0) is 6.18 Å². The highest BCUT2D eigenvalue weighted by Crippen LogP contribution is 2.31. The Kier molecular flexibility index (Phi) is 4.74. The fourth-order valence-electron chi connectivity index (χ4n) is 1.68. The molecule has 22 heavy (non-hydrogen) atoms. The van der Waals surface area contributed by atoms with E-state index in [0.29, 0.717) is 21.8 Å². The Morgan fingerprint density at radius 1 is 1.14 bits per heavy atom. The summed E-state index contributed by atoms with van der Waals surface area (Å²) in [5.41, 5.74) is -0.316. The van der Waals surface area contributed by atoms with E-state index in [0.717, 1.165) is 12.1 Å². The van der Waals surface area contributed by atoms with Crippen LogP contribution in [0.1, 0.15) is 16.8 Å². The van der Waals surface area contributed by atoms with Crippen LogP contribution in [0.15, 0.2) is 36.5 Å². The molecule has 0 radical (unpaired) electrons. The highest BCUT2D eigenvalue weighted by Gasteiger charge is 2.30. The van der Waals surface area contributed by atoms with Crippen molar-refractivity contribution in [1.82, 2.24) is 4.98 Å². The lowest BCUT2D eigenvalue weighted by Crippen LogP contribution is -2.05. The minimum atomic E-state index is -4.48. The van der Waals surface area contributed by atoms with E-state index in [1.165, 1.54) is 6.08 Å².